The summed E-state index contributed by atoms with van der Waals surface area (Å²) in [7, 11) is -3.12. The van der Waals surface area contributed by atoms with E-state index >= 15 is 8.78 Å². The van der Waals surface area contributed by atoms with Crippen molar-refractivity contribution < 1.29 is 41.8 Å². The van der Waals surface area contributed by atoms with Gasteiger partial charge in [-0.25, -0.2) is 18.3 Å². The molecule has 254 valence electrons. The van der Waals surface area contributed by atoms with Crippen LogP contribution >= 0.6 is 7.75 Å². The maximum absolute atomic E-state index is 16.5. The molecule has 4 aromatic rings. The van der Waals surface area contributed by atoms with Crippen LogP contribution in [0.3, 0.4) is 0 Å². The summed E-state index contributed by atoms with van der Waals surface area (Å²) < 4.78 is 70.2. The van der Waals surface area contributed by atoms with Gasteiger partial charge in [-0.05, 0) is 30.7 Å². The molecule has 6 atom stereocenters. The first-order valence-corrected chi connectivity index (χ1v) is 16.3. The zero-order valence-corrected chi connectivity index (χ0v) is 27.6. The molecule has 0 bridgehead atoms. The maximum Gasteiger partial charge on any atom is 0.459 e. The lowest BCUT2D eigenvalue weighted by atomic mass is 9.97. The van der Waals surface area contributed by atoms with Crippen molar-refractivity contribution in [2.24, 2.45) is 5.41 Å². The number of aliphatic hydroxyl groups is 1. The van der Waals surface area contributed by atoms with E-state index in [1.807, 2.05) is 20.8 Å². The minimum absolute atomic E-state index is 0.00214. The van der Waals surface area contributed by atoms with E-state index in [1.165, 1.54) is 13.0 Å². The zero-order valence-electron chi connectivity index (χ0n) is 26.7. The van der Waals surface area contributed by atoms with Gasteiger partial charge in [0.15, 0.2) is 35.0 Å². The molecule has 0 radical (unpaired) electrons. The van der Waals surface area contributed by atoms with Crippen molar-refractivity contribution in [2.75, 3.05) is 31.3 Å². The normalized spacial score (nSPS) is 25.0. The fourth-order valence-electron chi connectivity index (χ4n) is 5.01. The number of carbonyl (C=O) groups excluding carboxylic acids is 1. The van der Waals surface area contributed by atoms with Gasteiger partial charge in [-0.15, -0.1) is 0 Å². The summed E-state index contributed by atoms with van der Waals surface area (Å²) in [5.74, 6) is -3.91. The Bertz CT molecular complexity index is 1830. The van der Waals surface area contributed by atoms with Gasteiger partial charge in [-0.2, -0.15) is 15.1 Å². The highest BCUT2D eigenvalue weighted by Crippen LogP contribution is 2.52. The highest BCUT2D eigenvalue weighted by atomic mass is 31.2. The van der Waals surface area contributed by atoms with Crippen molar-refractivity contribution in [3.63, 3.8) is 0 Å². The number of aliphatic hydroxyl groups excluding tert-OH is 1. The molecule has 17 heteroatoms. The fraction of sp³-hybridized carbons (Fsp3) is 0.467. The molecule has 2 aromatic carbocycles. The third-order valence-corrected chi connectivity index (χ3v) is 9.02. The molecule has 2 aromatic heterocycles. The summed E-state index contributed by atoms with van der Waals surface area (Å²) in [6.45, 7) is 6.67. The molecular formula is C30H38F2N7O7P. The van der Waals surface area contributed by atoms with Gasteiger partial charge in [0, 0.05) is 12.4 Å². The molecule has 1 saturated heterocycles. The van der Waals surface area contributed by atoms with Crippen molar-refractivity contribution in [3.8, 4) is 5.75 Å². The van der Waals surface area contributed by atoms with Crippen molar-refractivity contribution in [2.45, 2.75) is 64.5 Å². The van der Waals surface area contributed by atoms with Crippen LogP contribution in [0.2, 0.25) is 0 Å². The van der Waals surface area contributed by atoms with Crippen LogP contribution in [0.4, 0.5) is 20.5 Å². The van der Waals surface area contributed by atoms with Crippen LogP contribution in [0, 0.1) is 5.41 Å². The lowest BCUT2D eigenvalue weighted by molar-refractivity contribution is -0.202. The molecule has 1 aliphatic heterocycles. The number of carbonyl (C=O) groups is 1. The van der Waals surface area contributed by atoms with Gasteiger partial charge in [-0.1, -0.05) is 57.2 Å². The summed E-state index contributed by atoms with van der Waals surface area (Å²) in [6, 6.07) is 10.7. The lowest BCUT2D eigenvalue weighted by Crippen LogP contribution is -2.47. The van der Waals surface area contributed by atoms with Crippen molar-refractivity contribution in [3.05, 3.63) is 48.8 Å². The Labute approximate surface area is 269 Å². The summed E-state index contributed by atoms with van der Waals surface area (Å²) in [6.07, 6.45) is -3.14. The van der Waals surface area contributed by atoms with Crippen LogP contribution in [0.1, 0.15) is 40.8 Å². The van der Waals surface area contributed by atoms with Crippen LogP contribution < -0.4 is 20.7 Å². The predicted octanol–water partition coefficient (Wildman–Crippen LogP) is 4.66. The third kappa shape index (κ3) is 7.02. The van der Waals surface area contributed by atoms with Crippen LogP contribution in [0.15, 0.2) is 48.8 Å². The highest BCUT2D eigenvalue weighted by molar-refractivity contribution is 7.52. The topological polar surface area (TPSA) is 185 Å². The monoisotopic (exact) mass is 677 g/mol. The molecule has 5 rings (SSSR count). The number of nitrogens with one attached hydrogen (secondary N) is 2. The number of nitrogens with two attached hydrogens (primary N) is 1. The predicted molar refractivity (Wildman–Crippen MR) is 170 cm³/mol. The summed E-state index contributed by atoms with van der Waals surface area (Å²) in [4.78, 5) is 25.1. The van der Waals surface area contributed by atoms with Gasteiger partial charge in [0.05, 0.1) is 12.9 Å². The second-order valence-corrected chi connectivity index (χ2v) is 14.4. The van der Waals surface area contributed by atoms with Crippen molar-refractivity contribution in [1.82, 2.24) is 24.6 Å². The number of hydrogen-bond donors (Lipinski definition) is 4. The van der Waals surface area contributed by atoms with E-state index in [0.717, 1.165) is 23.2 Å². The minimum atomic E-state index is -4.69. The average molecular weight is 678 g/mol. The van der Waals surface area contributed by atoms with Crippen molar-refractivity contribution >= 4 is 47.4 Å². The van der Waals surface area contributed by atoms with E-state index < -0.39 is 50.2 Å². The molecule has 3 heterocycles. The molecule has 5 N–H and O–H groups in total. The first kappa shape index (κ1) is 34.4. The molecule has 1 fully saturated rings. The average Bonchev–Trinajstić information content (AvgIpc) is 3.50. The Morgan fingerprint density at radius 2 is 1.91 bits per heavy atom. The smallest absolute Gasteiger partial charge is 0.459 e. The van der Waals surface area contributed by atoms with E-state index in [1.54, 1.807) is 43.4 Å². The quantitative estimate of drug-likeness (QED) is 0.127. The SMILES string of the molecule is CNc1nc(N)nc2c1ncn2[C@@H]1O[C@](F)(CO[P@](=O)(N[C@H](C)C(=O)OCC(C)(C)C)Oc2cccc3ccccc23)[C@@H](O)[C@@]1(C)F. The third-order valence-electron chi connectivity index (χ3n) is 7.41. The van der Waals surface area contributed by atoms with Crippen LogP contribution in [0.5, 0.6) is 5.75 Å². The van der Waals surface area contributed by atoms with E-state index in [4.69, 9.17) is 24.3 Å². The number of ether oxygens (including phenoxy) is 2. The Balaban J connectivity index is 1.44. The van der Waals surface area contributed by atoms with E-state index in [0.29, 0.717) is 5.39 Å². The van der Waals surface area contributed by atoms with E-state index in [9.17, 15) is 14.5 Å². The number of anilines is 2. The number of aromatic nitrogens is 4. The molecular weight excluding hydrogens is 639 g/mol. The van der Waals surface area contributed by atoms with E-state index in [2.05, 4.69) is 25.4 Å². The summed E-state index contributed by atoms with van der Waals surface area (Å²) >= 11 is 0. The Kier molecular flexibility index (Phi) is 9.20. The molecule has 1 aliphatic rings. The lowest BCUT2D eigenvalue weighted by Gasteiger charge is -2.28. The number of benzene rings is 2. The van der Waals surface area contributed by atoms with Crippen LogP contribution in [0.25, 0.3) is 21.9 Å². The molecule has 47 heavy (non-hydrogen) atoms. The van der Waals surface area contributed by atoms with Gasteiger partial charge < -0.3 is 30.2 Å². The summed E-state index contributed by atoms with van der Waals surface area (Å²) in [5, 5.41) is 17.5. The molecule has 14 nitrogen and oxygen atoms in total. The Morgan fingerprint density at radius 3 is 2.62 bits per heavy atom. The molecule has 0 spiro atoms. The van der Waals surface area contributed by atoms with Gasteiger partial charge in [0.1, 0.15) is 18.4 Å². The standard InChI is InChI=1S/C30H38F2N7O7P/c1-17(24(40)43-14-28(2,3)4)38-47(42,46-20-13-9-11-18-10-7-8-12-19(18)20)44-15-30(32)25(41)29(5,31)26(45-30)39-16-35-21-22(34-6)36-27(33)37-23(21)39/h7-13,16-17,25-26,41H,14-15H2,1-6H3,(H,38,42)(H3,33,34,36,37)/t17-,25+,26-,29-,30-,47-/m1/s1. The molecule has 0 amide bonds. The van der Waals surface area contributed by atoms with Gasteiger partial charge >= 0.3 is 13.7 Å². The summed E-state index contributed by atoms with van der Waals surface area (Å²) in [5.41, 5.74) is 2.85. The number of nitrogen functional groups attached to an aromatic ring is 1. The second-order valence-electron chi connectivity index (χ2n) is 12.7. The Hall–Kier alpha value is -3.95. The number of hydrogen-bond acceptors (Lipinski definition) is 12. The first-order valence-electron chi connectivity index (χ1n) is 14.7. The number of fused-ring (bicyclic) bond motifs is 2. The number of nitrogens with zero attached hydrogens (tertiary/aromatic N) is 4. The second kappa shape index (κ2) is 12.6. The number of esters is 1. The fourth-order valence-corrected chi connectivity index (χ4v) is 6.54. The zero-order chi connectivity index (χ0) is 34.4. The number of alkyl halides is 2. The molecule has 0 saturated carbocycles. The number of halogens is 2. The van der Waals surface area contributed by atoms with Crippen LogP contribution in [-0.4, -0.2) is 74.5 Å². The van der Waals surface area contributed by atoms with Crippen LogP contribution in [-0.2, 0) is 23.4 Å². The largest absolute Gasteiger partial charge is 0.464 e. The molecule has 0 aliphatic carbocycles. The first-order chi connectivity index (χ1) is 22.0. The Morgan fingerprint density at radius 1 is 1.21 bits per heavy atom. The minimum Gasteiger partial charge on any atom is -0.464 e. The van der Waals surface area contributed by atoms with Crippen molar-refractivity contribution in [1.29, 1.82) is 0 Å². The highest BCUT2D eigenvalue weighted by Gasteiger charge is 2.65. The molecule has 0 unspecified atom stereocenters. The van der Waals surface area contributed by atoms with Gasteiger partial charge in [0.25, 0.3) is 5.85 Å². The van der Waals surface area contributed by atoms with Gasteiger partial charge in [0.2, 0.25) is 5.95 Å². The van der Waals surface area contributed by atoms with Gasteiger partial charge in [-0.3, -0.25) is 13.9 Å². The number of imidazole rings is 1. The maximum atomic E-state index is 16.5. The van der Waals surface area contributed by atoms with E-state index in [-0.39, 0.29) is 40.7 Å². The number of rotatable bonds is 11.